The fraction of sp³-hybridized carbons (Fsp3) is 0.500. The van der Waals surface area contributed by atoms with E-state index in [9.17, 15) is 17.2 Å². The van der Waals surface area contributed by atoms with Gasteiger partial charge in [0, 0.05) is 11.0 Å². The summed E-state index contributed by atoms with van der Waals surface area (Å²) < 4.78 is 50.0. The maximum Gasteiger partial charge on any atom is 0.251 e. The van der Waals surface area contributed by atoms with E-state index in [1.165, 1.54) is 6.07 Å². The summed E-state index contributed by atoms with van der Waals surface area (Å²) in [7, 11) is -3.93. The lowest BCUT2D eigenvalue weighted by molar-refractivity contribution is 0.153. The highest BCUT2D eigenvalue weighted by atomic mass is 79.9. The fourth-order valence-electron chi connectivity index (χ4n) is 1.53. The van der Waals surface area contributed by atoms with Crippen molar-refractivity contribution in [2.75, 3.05) is 13.1 Å². The molecular weight excluding hydrogens is 354 g/mol. The molecule has 114 valence electrons. The van der Waals surface area contributed by atoms with Gasteiger partial charge in [0.2, 0.25) is 10.0 Å². The second-order valence-electron chi connectivity index (χ2n) is 4.18. The number of hydrogen-bond donors (Lipinski definition) is 2. The zero-order chi connectivity index (χ0) is 15.2. The lowest BCUT2D eigenvalue weighted by Gasteiger charge is -2.10. The maximum atomic E-state index is 12.1. The van der Waals surface area contributed by atoms with E-state index >= 15 is 0 Å². The van der Waals surface area contributed by atoms with Crippen LogP contribution >= 0.6 is 15.9 Å². The summed E-state index contributed by atoms with van der Waals surface area (Å²) in [6.45, 7) is 2.65. The highest BCUT2D eigenvalue weighted by Crippen LogP contribution is 2.23. The maximum absolute atomic E-state index is 12.1. The molecule has 0 spiro atoms. The Hall–Kier alpha value is -0.570. The predicted molar refractivity (Wildman–Crippen MR) is 77.3 cm³/mol. The van der Waals surface area contributed by atoms with Gasteiger partial charge in [0.15, 0.2) is 0 Å². The SMILES string of the molecule is CCCNCc1ccc(S(=O)(=O)NCC(F)F)c(Br)c1. The third-order valence-corrected chi connectivity index (χ3v) is 4.87. The van der Waals surface area contributed by atoms with E-state index in [0.29, 0.717) is 11.0 Å². The molecule has 4 nitrogen and oxygen atoms in total. The van der Waals surface area contributed by atoms with Crippen molar-refractivity contribution in [3.8, 4) is 0 Å². The van der Waals surface area contributed by atoms with Crippen molar-refractivity contribution < 1.29 is 17.2 Å². The first kappa shape index (κ1) is 17.5. The third kappa shape index (κ3) is 5.43. The Labute approximate surface area is 126 Å². The minimum absolute atomic E-state index is 0.0441. The highest BCUT2D eigenvalue weighted by molar-refractivity contribution is 9.10. The summed E-state index contributed by atoms with van der Waals surface area (Å²) in [5.41, 5.74) is 0.915. The van der Waals surface area contributed by atoms with Crippen LogP contribution in [-0.2, 0) is 16.6 Å². The molecule has 0 atom stereocenters. The number of hydrogen-bond acceptors (Lipinski definition) is 3. The van der Waals surface area contributed by atoms with Gasteiger partial charge in [0.25, 0.3) is 6.43 Å². The van der Waals surface area contributed by atoms with Gasteiger partial charge < -0.3 is 5.32 Å². The van der Waals surface area contributed by atoms with Crippen LogP contribution < -0.4 is 10.0 Å². The Bertz CT molecular complexity index is 538. The van der Waals surface area contributed by atoms with E-state index in [1.54, 1.807) is 12.1 Å². The summed E-state index contributed by atoms with van der Waals surface area (Å²) in [6.07, 6.45) is -1.72. The smallest absolute Gasteiger partial charge is 0.251 e. The molecule has 0 bridgehead atoms. The highest BCUT2D eigenvalue weighted by Gasteiger charge is 2.19. The van der Waals surface area contributed by atoms with Gasteiger partial charge in [0.1, 0.15) is 0 Å². The molecule has 0 amide bonds. The van der Waals surface area contributed by atoms with Crippen LogP contribution in [0.1, 0.15) is 18.9 Å². The van der Waals surface area contributed by atoms with Crippen LogP contribution in [0.25, 0.3) is 0 Å². The number of halogens is 3. The largest absolute Gasteiger partial charge is 0.313 e. The molecule has 1 aromatic rings. The van der Waals surface area contributed by atoms with E-state index in [2.05, 4.69) is 21.2 Å². The predicted octanol–water partition coefficient (Wildman–Crippen LogP) is 2.49. The van der Waals surface area contributed by atoms with Crippen molar-refractivity contribution in [3.63, 3.8) is 0 Å². The van der Waals surface area contributed by atoms with Crippen LogP contribution in [0.3, 0.4) is 0 Å². The van der Waals surface area contributed by atoms with Gasteiger partial charge in [-0.05, 0) is 46.6 Å². The van der Waals surface area contributed by atoms with Crippen LogP contribution in [0.5, 0.6) is 0 Å². The van der Waals surface area contributed by atoms with Crippen molar-refractivity contribution in [2.45, 2.75) is 31.2 Å². The Balaban J connectivity index is 2.81. The van der Waals surface area contributed by atoms with E-state index in [-0.39, 0.29) is 4.90 Å². The Morgan fingerprint density at radius 2 is 2.05 bits per heavy atom. The summed E-state index contributed by atoms with van der Waals surface area (Å²) >= 11 is 3.16. The number of benzene rings is 1. The molecule has 1 rings (SSSR count). The van der Waals surface area contributed by atoms with Crippen molar-refractivity contribution >= 4 is 26.0 Å². The number of sulfonamides is 1. The molecule has 2 N–H and O–H groups in total. The van der Waals surface area contributed by atoms with Crippen molar-refractivity contribution in [3.05, 3.63) is 28.2 Å². The third-order valence-electron chi connectivity index (χ3n) is 2.47. The second kappa shape index (κ2) is 8.02. The molecule has 0 unspecified atom stereocenters. The van der Waals surface area contributed by atoms with Crippen molar-refractivity contribution in [1.29, 1.82) is 0 Å². The van der Waals surface area contributed by atoms with Gasteiger partial charge in [-0.15, -0.1) is 0 Å². The zero-order valence-electron chi connectivity index (χ0n) is 11.0. The van der Waals surface area contributed by atoms with E-state index in [1.807, 2.05) is 11.6 Å². The summed E-state index contributed by atoms with van der Waals surface area (Å²) in [4.78, 5) is -0.0441. The minimum atomic E-state index is -3.93. The first-order valence-corrected chi connectivity index (χ1v) is 8.41. The first-order valence-electron chi connectivity index (χ1n) is 6.13. The van der Waals surface area contributed by atoms with Crippen molar-refractivity contribution in [1.82, 2.24) is 10.0 Å². The molecule has 0 aliphatic heterocycles. The van der Waals surface area contributed by atoms with Gasteiger partial charge in [0.05, 0.1) is 11.4 Å². The second-order valence-corrected chi connectivity index (χ2v) is 6.77. The van der Waals surface area contributed by atoms with E-state index in [0.717, 1.165) is 18.5 Å². The quantitative estimate of drug-likeness (QED) is 0.691. The molecule has 0 saturated heterocycles. The van der Waals surface area contributed by atoms with Crippen LogP contribution in [0.4, 0.5) is 8.78 Å². The molecule has 0 saturated carbocycles. The average molecular weight is 371 g/mol. The average Bonchev–Trinajstić information content (AvgIpc) is 2.37. The molecule has 0 aliphatic carbocycles. The van der Waals surface area contributed by atoms with Crippen LogP contribution in [0.2, 0.25) is 0 Å². The summed E-state index contributed by atoms with van der Waals surface area (Å²) in [5, 5.41) is 3.19. The van der Waals surface area contributed by atoms with Crippen LogP contribution in [0.15, 0.2) is 27.6 Å². The standard InChI is InChI=1S/C12H17BrF2N2O2S/c1-2-5-16-7-9-3-4-11(10(13)6-9)20(18,19)17-8-12(14)15/h3-4,6,12,16-17H,2,5,7-8H2,1H3. The van der Waals surface area contributed by atoms with Gasteiger partial charge in [-0.2, -0.15) is 0 Å². The van der Waals surface area contributed by atoms with E-state index < -0.39 is 23.0 Å². The number of alkyl halides is 2. The molecule has 0 heterocycles. The lowest BCUT2D eigenvalue weighted by Crippen LogP contribution is -2.29. The fourth-order valence-corrected chi connectivity index (χ4v) is 3.66. The van der Waals surface area contributed by atoms with E-state index in [4.69, 9.17) is 0 Å². The zero-order valence-corrected chi connectivity index (χ0v) is 13.4. The van der Waals surface area contributed by atoms with Crippen LogP contribution in [-0.4, -0.2) is 27.9 Å². The molecule has 20 heavy (non-hydrogen) atoms. The Morgan fingerprint density at radius 1 is 1.35 bits per heavy atom. The van der Waals surface area contributed by atoms with Crippen LogP contribution in [0, 0.1) is 0 Å². The Kier molecular flexibility index (Phi) is 7.01. The monoisotopic (exact) mass is 370 g/mol. The summed E-state index contributed by atoms with van der Waals surface area (Å²) in [5.74, 6) is 0. The Morgan fingerprint density at radius 3 is 2.60 bits per heavy atom. The minimum Gasteiger partial charge on any atom is -0.313 e. The number of rotatable bonds is 8. The molecule has 0 aromatic heterocycles. The molecule has 0 fully saturated rings. The van der Waals surface area contributed by atoms with Gasteiger partial charge >= 0.3 is 0 Å². The molecule has 8 heteroatoms. The first-order chi connectivity index (χ1) is 9.36. The molecule has 0 aliphatic rings. The number of nitrogens with one attached hydrogen (secondary N) is 2. The molecule has 0 radical (unpaired) electrons. The normalized spacial score (nSPS) is 12.1. The van der Waals surface area contributed by atoms with Gasteiger partial charge in [-0.25, -0.2) is 21.9 Å². The molecule has 1 aromatic carbocycles. The summed E-state index contributed by atoms with van der Waals surface area (Å²) in [6, 6.07) is 4.73. The topological polar surface area (TPSA) is 58.2 Å². The van der Waals surface area contributed by atoms with Gasteiger partial charge in [-0.1, -0.05) is 13.0 Å². The van der Waals surface area contributed by atoms with Crippen molar-refractivity contribution in [2.24, 2.45) is 0 Å². The lowest BCUT2D eigenvalue weighted by atomic mass is 10.2. The van der Waals surface area contributed by atoms with Gasteiger partial charge in [-0.3, -0.25) is 0 Å². The molecular formula is C12H17BrF2N2O2S.